The lowest BCUT2D eigenvalue weighted by Gasteiger charge is -2.34. The van der Waals surface area contributed by atoms with Gasteiger partial charge in [-0.2, -0.15) is 18.4 Å². The van der Waals surface area contributed by atoms with Crippen LogP contribution >= 0.6 is 0 Å². The van der Waals surface area contributed by atoms with Crippen molar-refractivity contribution in [3.63, 3.8) is 0 Å². The highest BCUT2D eigenvalue weighted by Crippen LogP contribution is 2.43. The minimum atomic E-state index is -5.02. The molecule has 214 valence electrons. The molecule has 2 aromatic rings. The lowest BCUT2D eigenvalue weighted by Crippen LogP contribution is -2.44. The van der Waals surface area contributed by atoms with E-state index in [-0.39, 0.29) is 25.9 Å². The van der Waals surface area contributed by atoms with E-state index in [0.29, 0.717) is 11.1 Å². The second kappa shape index (κ2) is 12.4. The summed E-state index contributed by atoms with van der Waals surface area (Å²) >= 11 is 0. The first kappa shape index (κ1) is 30.4. The van der Waals surface area contributed by atoms with Gasteiger partial charge in [0.1, 0.15) is 23.0 Å². The first-order chi connectivity index (χ1) is 18.7. The standard InChI is InChI=1S/C28H30F3N3O6/c1-27(2,3)40-26(36)33-13-11-21(12-14-33)39-24-10-9-23(34(37)38)22(25(24)28(29,30)31)16-20(35)8-7-18-5-4-6-19(15-18)17-32/h4-10,15,20-21,35H,11-14,16H2,1-3H3/b8-7+. The van der Waals surface area contributed by atoms with Crippen LogP contribution in [-0.4, -0.2) is 51.9 Å². The molecule has 0 radical (unpaired) electrons. The fraction of sp³-hybridized carbons (Fsp3) is 0.429. The van der Waals surface area contributed by atoms with Gasteiger partial charge in [0, 0.05) is 44.0 Å². The number of halogens is 3. The Labute approximate surface area is 229 Å². The molecule has 3 rings (SSSR count). The van der Waals surface area contributed by atoms with Gasteiger partial charge in [-0.05, 0) is 44.5 Å². The van der Waals surface area contributed by atoms with Gasteiger partial charge in [0.25, 0.3) is 5.69 Å². The lowest BCUT2D eigenvalue weighted by molar-refractivity contribution is -0.385. The predicted molar refractivity (Wildman–Crippen MR) is 139 cm³/mol. The quantitative estimate of drug-likeness (QED) is 0.330. The number of aliphatic hydroxyl groups is 1. The molecular weight excluding hydrogens is 531 g/mol. The third-order valence-electron chi connectivity index (χ3n) is 6.06. The average molecular weight is 562 g/mol. The van der Waals surface area contributed by atoms with Crippen LogP contribution in [0.3, 0.4) is 0 Å². The summed E-state index contributed by atoms with van der Waals surface area (Å²) in [7, 11) is 0. The molecule has 12 heteroatoms. The number of carbonyl (C=O) groups is 1. The summed E-state index contributed by atoms with van der Waals surface area (Å²) in [5.74, 6) is -0.582. The maximum atomic E-state index is 14.3. The van der Waals surface area contributed by atoms with E-state index in [0.717, 1.165) is 12.1 Å². The van der Waals surface area contributed by atoms with Crippen LogP contribution in [0.5, 0.6) is 5.75 Å². The van der Waals surface area contributed by atoms with E-state index in [9.17, 15) is 33.2 Å². The van der Waals surface area contributed by atoms with Crippen molar-refractivity contribution in [1.29, 1.82) is 5.26 Å². The third-order valence-corrected chi connectivity index (χ3v) is 6.06. The minimum absolute atomic E-state index is 0.206. The molecule has 1 saturated heterocycles. The predicted octanol–water partition coefficient (Wildman–Crippen LogP) is 5.88. The number of nitro benzene ring substituents is 1. The molecule has 0 aromatic heterocycles. The number of ether oxygens (including phenoxy) is 2. The van der Waals surface area contributed by atoms with Crippen molar-refractivity contribution in [2.75, 3.05) is 13.1 Å². The van der Waals surface area contributed by atoms with E-state index in [1.807, 2.05) is 6.07 Å². The Morgan fingerprint density at radius 1 is 1.25 bits per heavy atom. The molecule has 0 spiro atoms. The van der Waals surface area contributed by atoms with E-state index in [4.69, 9.17) is 14.7 Å². The Hall–Kier alpha value is -4.11. The van der Waals surface area contributed by atoms with Crippen molar-refractivity contribution in [2.24, 2.45) is 0 Å². The van der Waals surface area contributed by atoms with Crippen molar-refractivity contribution >= 4 is 17.9 Å². The van der Waals surface area contributed by atoms with Gasteiger partial charge in [0.2, 0.25) is 0 Å². The highest BCUT2D eigenvalue weighted by atomic mass is 19.4. The highest BCUT2D eigenvalue weighted by Gasteiger charge is 2.41. The number of hydrogen-bond donors (Lipinski definition) is 1. The number of amides is 1. The minimum Gasteiger partial charge on any atom is -0.490 e. The zero-order chi connectivity index (χ0) is 29.7. The number of nitrogens with zero attached hydrogens (tertiary/aromatic N) is 3. The van der Waals surface area contributed by atoms with E-state index in [2.05, 4.69) is 0 Å². The molecule has 0 bridgehead atoms. The van der Waals surface area contributed by atoms with Gasteiger partial charge < -0.3 is 19.5 Å². The van der Waals surface area contributed by atoms with Gasteiger partial charge in [0.05, 0.1) is 22.7 Å². The number of piperidine rings is 1. The van der Waals surface area contributed by atoms with Crippen LogP contribution in [0.4, 0.5) is 23.7 Å². The second-order valence-corrected chi connectivity index (χ2v) is 10.3. The van der Waals surface area contributed by atoms with Crippen LogP contribution in [0.1, 0.15) is 55.9 Å². The molecule has 1 fully saturated rings. The van der Waals surface area contributed by atoms with Crippen LogP contribution < -0.4 is 4.74 Å². The van der Waals surface area contributed by atoms with Gasteiger partial charge in [-0.1, -0.05) is 24.3 Å². The maximum Gasteiger partial charge on any atom is 0.420 e. The Kier molecular flexibility index (Phi) is 9.42. The molecule has 2 aromatic carbocycles. The van der Waals surface area contributed by atoms with Crippen molar-refractivity contribution in [2.45, 2.75) is 64.0 Å². The molecule has 40 heavy (non-hydrogen) atoms. The van der Waals surface area contributed by atoms with Crippen LogP contribution in [0, 0.1) is 21.4 Å². The molecule has 1 aliphatic heterocycles. The van der Waals surface area contributed by atoms with Gasteiger partial charge in [-0.25, -0.2) is 4.79 Å². The summed E-state index contributed by atoms with van der Waals surface area (Å²) in [6.45, 7) is 5.59. The lowest BCUT2D eigenvalue weighted by atomic mass is 9.97. The molecular formula is C28H30F3N3O6. The van der Waals surface area contributed by atoms with Crippen molar-refractivity contribution in [1.82, 2.24) is 4.90 Å². The number of nitro groups is 1. The molecule has 0 aliphatic carbocycles. The highest BCUT2D eigenvalue weighted by molar-refractivity contribution is 5.68. The number of hydrogen-bond acceptors (Lipinski definition) is 7. The third kappa shape index (κ3) is 8.19. The second-order valence-electron chi connectivity index (χ2n) is 10.3. The molecule has 9 nitrogen and oxygen atoms in total. The summed E-state index contributed by atoms with van der Waals surface area (Å²) < 4.78 is 54.0. The van der Waals surface area contributed by atoms with Crippen molar-refractivity contribution in [3.05, 3.63) is 74.8 Å². The fourth-order valence-electron chi connectivity index (χ4n) is 4.28. The largest absolute Gasteiger partial charge is 0.490 e. The zero-order valence-electron chi connectivity index (χ0n) is 22.3. The average Bonchev–Trinajstić information content (AvgIpc) is 2.86. The van der Waals surface area contributed by atoms with E-state index in [1.54, 1.807) is 39.0 Å². The monoisotopic (exact) mass is 561 g/mol. The van der Waals surface area contributed by atoms with Gasteiger partial charge in [-0.3, -0.25) is 10.1 Å². The number of rotatable bonds is 7. The number of carbonyl (C=O) groups excluding carboxylic acids is 1. The smallest absolute Gasteiger partial charge is 0.420 e. The van der Waals surface area contributed by atoms with Gasteiger partial charge in [0.15, 0.2) is 0 Å². The number of benzene rings is 2. The number of likely N-dealkylation sites (tertiary alicyclic amines) is 1. The SMILES string of the molecule is CC(C)(C)OC(=O)N1CCC(Oc2ccc([N+](=O)[O-])c(CC(O)/C=C/c3cccc(C#N)c3)c2C(F)(F)F)CC1. The normalized spacial score (nSPS) is 15.5. The summed E-state index contributed by atoms with van der Waals surface area (Å²) in [6, 6.07) is 10.1. The molecule has 0 saturated carbocycles. The topological polar surface area (TPSA) is 126 Å². The van der Waals surface area contributed by atoms with Crippen molar-refractivity contribution in [3.8, 4) is 11.8 Å². The van der Waals surface area contributed by atoms with Crippen LogP contribution in [-0.2, 0) is 17.3 Å². The Bertz CT molecular complexity index is 1310. The number of aliphatic hydroxyl groups excluding tert-OH is 1. The molecule has 1 heterocycles. The number of alkyl halides is 3. The first-order valence-corrected chi connectivity index (χ1v) is 12.6. The summed E-state index contributed by atoms with van der Waals surface area (Å²) in [4.78, 5) is 24.5. The Balaban J connectivity index is 1.84. The van der Waals surface area contributed by atoms with Gasteiger partial charge in [-0.15, -0.1) is 0 Å². The van der Waals surface area contributed by atoms with E-state index in [1.165, 1.54) is 23.1 Å². The molecule has 1 amide bonds. The van der Waals surface area contributed by atoms with Crippen LogP contribution in [0.2, 0.25) is 0 Å². The van der Waals surface area contributed by atoms with E-state index < -0.39 is 64.0 Å². The van der Waals surface area contributed by atoms with Crippen LogP contribution in [0.25, 0.3) is 6.08 Å². The summed E-state index contributed by atoms with van der Waals surface area (Å²) in [5, 5.41) is 31.2. The first-order valence-electron chi connectivity index (χ1n) is 12.6. The Morgan fingerprint density at radius 3 is 2.50 bits per heavy atom. The Morgan fingerprint density at radius 2 is 1.93 bits per heavy atom. The molecule has 1 aliphatic rings. The van der Waals surface area contributed by atoms with Gasteiger partial charge >= 0.3 is 12.3 Å². The molecule has 1 atom stereocenters. The molecule has 1 unspecified atom stereocenters. The fourth-order valence-corrected chi connectivity index (χ4v) is 4.28. The zero-order valence-corrected chi connectivity index (χ0v) is 22.3. The van der Waals surface area contributed by atoms with Crippen molar-refractivity contribution < 1.29 is 37.5 Å². The summed E-state index contributed by atoms with van der Waals surface area (Å²) in [6.07, 6.45) is -5.33. The maximum absolute atomic E-state index is 14.3. The molecule has 1 N–H and O–H groups in total. The summed E-state index contributed by atoms with van der Waals surface area (Å²) in [5.41, 5.74) is -2.63. The van der Waals surface area contributed by atoms with E-state index >= 15 is 0 Å². The number of nitriles is 1. The van der Waals surface area contributed by atoms with Crippen LogP contribution in [0.15, 0.2) is 42.5 Å².